The number of para-hydroxylation sites is 1. The highest BCUT2D eigenvalue weighted by Crippen LogP contribution is 2.37. The van der Waals surface area contributed by atoms with E-state index < -0.39 is 0 Å². The minimum absolute atomic E-state index is 0.156. The maximum atomic E-state index is 12.3. The fourth-order valence-electron chi connectivity index (χ4n) is 2.36. The molecule has 26 heavy (non-hydrogen) atoms. The number of nitrogens with one attached hydrogen (secondary N) is 1. The van der Waals surface area contributed by atoms with Crippen LogP contribution in [0.4, 0.5) is 11.4 Å². The van der Waals surface area contributed by atoms with Crippen LogP contribution in [-0.4, -0.2) is 30.3 Å². The molecular formula is C18H17ClN2O3S2. The van der Waals surface area contributed by atoms with Gasteiger partial charge >= 0.3 is 0 Å². The molecule has 1 aliphatic rings. The van der Waals surface area contributed by atoms with Gasteiger partial charge in [-0.15, -0.1) is 0 Å². The van der Waals surface area contributed by atoms with E-state index >= 15 is 0 Å². The molecule has 1 aliphatic heterocycles. The van der Waals surface area contributed by atoms with Crippen LogP contribution in [0.15, 0.2) is 41.4 Å². The zero-order valence-corrected chi connectivity index (χ0v) is 16.6. The number of fused-ring (bicyclic) bond motifs is 1. The van der Waals surface area contributed by atoms with Crippen LogP contribution in [0, 0.1) is 0 Å². The van der Waals surface area contributed by atoms with Crippen LogP contribution < -0.4 is 14.8 Å². The lowest BCUT2D eigenvalue weighted by Crippen LogP contribution is -2.16. The van der Waals surface area contributed by atoms with Crippen molar-refractivity contribution in [1.82, 2.24) is 0 Å². The summed E-state index contributed by atoms with van der Waals surface area (Å²) in [4.78, 5) is 16.9. The molecule has 0 fully saturated rings. The third-order valence-corrected chi connectivity index (χ3v) is 6.17. The van der Waals surface area contributed by atoms with E-state index in [0.29, 0.717) is 22.2 Å². The van der Waals surface area contributed by atoms with Crippen molar-refractivity contribution in [2.24, 2.45) is 4.99 Å². The second kappa shape index (κ2) is 8.70. The Labute approximate surface area is 165 Å². The number of rotatable bonds is 5. The first kappa shape index (κ1) is 18.9. The molecule has 1 N–H and O–H groups in total. The van der Waals surface area contributed by atoms with Crippen LogP contribution in [0.3, 0.4) is 0 Å². The highest BCUT2D eigenvalue weighted by molar-refractivity contribution is 8.38. The summed E-state index contributed by atoms with van der Waals surface area (Å²) < 4.78 is 11.3. The molecule has 0 aromatic heterocycles. The van der Waals surface area contributed by atoms with E-state index in [2.05, 4.69) is 16.4 Å². The highest BCUT2D eigenvalue weighted by Gasteiger charge is 2.16. The maximum absolute atomic E-state index is 12.3. The van der Waals surface area contributed by atoms with Crippen molar-refractivity contribution in [3.8, 4) is 11.5 Å². The molecule has 136 valence electrons. The monoisotopic (exact) mass is 408 g/mol. The van der Waals surface area contributed by atoms with Gasteiger partial charge in [-0.1, -0.05) is 53.3 Å². The Balaban J connectivity index is 1.63. The number of methoxy groups -OCH3 is 2. The lowest BCUT2D eigenvalue weighted by Gasteiger charge is -2.15. The second-order valence-corrected chi connectivity index (χ2v) is 7.91. The van der Waals surface area contributed by atoms with Crippen LogP contribution in [0.5, 0.6) is 11.5 Å². The number of hydrogen-bond acceptors (Lipinski definition) is 6. The summed E-state index contributed by atoms with van der Waals surface area (Å²) in [6.07, 6.45) is 0. The number of nitrogens with zero attached hydrogens (tertiary/aromatic N) is 1. The maximum Gasteiger partial charge on any atom is 0.234 e. The summed E-state index contributed by atoms with van der Waals surface area (Å²) >= 11 is 9.18. The summed E-state index contributed by atoms with van der Waals surface area (Å²) in [6.45, 7) is 0. The molecule has 1 heterocycles. The highest BCUT2D eigenvalue weighted by atomic mass is 35.5. The molecule has 8 heteroatoms. The number of hydrogen-bond donors (Lipinski definition) is 1. The molecule has 1 amide bonds. The van der Waals surface area contributed by atoms with Gasteiger partial charge in [0.1, 0.15) is 15.9 Å². The Morgan fingerprint density at radius 3 is 2.81 bits per heavy atom. The van der Waals surface area contributed by atoms with E-state index in [1.807, 2.05) is 18.2 Å². The molecule has 2 aromatic rings. The Hall–Kier alpha value is -1.83. The van der Waals surface area contributed by atoms with Crippen LogP contribution in [0.25, 0.3) is 0 Å². The fourth-order valence-corrected chi connectivity index (χ4v) is 4.46. The first-order valence-electron chi connectivity index (χ1n) is 7.74. The standard InChI is InChI=1S/C18H17ClN2O3S2/c1-23-15-8-16(24-2)14(7-12(15)19)20-17(22)10-26-18-21-13-6-4-3-5-11(13)9-25-18/h3-8H,9-10H2,1-2H3,(H,20,22). The summed E-state index contributed by atoms with van der Waals surface area (Å²) in [5, 5.41) is 3.23. The normalized spacial score (nSPS) is 12.8. The summed E-state index contributed by atoms with van der Waals surface area (Å²) in [5.41, 5.74) is 2.69. The van der Waals surface area contributed by atoms with Crippen molar-refractivity contribution >= 4 is 56.8 Å². The number of carbonyl (C=O) groups excluding carboxylic acids is 1. The zero-order valence-electron chi connectivity index (χ0n) is 14.2. The average Bonchev–Trinajstić information content (AvgIpc) is 2.66. The lowest BCUT2D eigenvalue weighted by molar-refractivity contribution is -0.113. The molecular weight excluding hydrogens is 392 g/mol. The Kier molecular flexibility index (Phi) is 6.34. The molecule has 2 aromatic carbocycles. The molecule has 0 saturated heterocycles. The number of thioether (sulfide) groups is 2. The van der Waals surface area contributed by atoms with E-state index in [0.717, 1.165) is 15.8 Å². The third kappa shape index (κ3) is 4.47. The van der Waals surface area contributed by atoms with Gasteiger partial charge in [0.05, 0.1) is 36.4 Å². The number of carbonyl (C=O) groups is 1. The number of aliphatic imine (C=N–C) groups is 1. The molecule has 5 nitrogen and oxygen atoms in total. The molecule has 0 saturated carbocycles. The molecule has 3 rings (SSSR count). The quantitative estimate of drug-likeness (QED) is 0.757. The van der Waals surface area contributed by atoms with Gasteiger partial charge in [-0.05, 0) is 17.7 Å². The van der Waals surface area contributed by atoms with Gasteiger partial charge < -0.3 is 14.8 Å². The predicted octanol–water partition coefficient (Wildman–Crippen LogP) is 4.96. The van der Waals surface area contributed by atoms with E-state index in [4.69, 9.17) is 21.1 Å². The van der Waals surface area contributed by atoms with Crippen LogP contribution in [0.1, 0.15) is 5.56 Å². The first-order chi connectivity index (χ1) is 12.6. The minimum Gasteiger partial charge on any atom is -0.495 e. The van der Waals surface area contributed by atoms with Crippen molar-refractivity contribution in [2.45, 2.75) is 5.75 Å². The number of halogens is 1. The summed E-state index contributed by atoms with van der Waals surface area (Å²) in [7, 11) is 3.05. The van der Waals surface area contributed by atoms with Gasteiger partial charge in [0.15, 0.2) is 0 Å². The van der Waals surface area contributed by atoms with Crippen LogP contribution >= 0.6 is 35.1 Å². The average molecular weight is 409 g/mol. The summed E-state index contributed by atoms with van der Waals surface area (Å²) in [6, 6.07) is 11.3. The topological polar surface area (TPSA) is 59.9 Å². The molecule has 0 radical (unpaired) electrons. The molecule has 0 aliphatic carbocycles. The molecule has 0 unspecified atom stereocenters. The Morgan fingerprint density at radius 2 is 2.04 bits per heavy atom. The number of benzene rings is 2. The molecule has 0 atom stereocenters. The van der Waals surface area contributed by atoms with Crippen LogP contribution in [-0.2, 0) is 10.5 Å². The Bertz CT molecular complexity index is 858. The van der Waals surface area contributed by atoms with Crippen molar-refractivity contribution < 1.29 is 14.3 Å². The second-order valence-electron chi connectivity index (χ2n) is 5.32. The summed E-state index contributed by atoms with van der Waals surface area (Å²) in [5.74, 6) is 1.94. The minimum atomic E-state index is -0.156. The first-order valence-corrected chi connectivity index (χ1v) is 10.1. The predicted molar refractivity (Wildman–Crippen MR) is 110 cm³/mol. The van der Waals surface area contributed by atoms with Gasteiger partial charge in [0, 0.05) is 11.8 Å². The van der Waals surface area contributed by atoms with Crippen molar-refractivity contribution in [3.05, 3.63) is 47.0 Å². The fraction of sp³-hybridized carbons (Fsp3) is 0.222. The smallest absolute Gasteiger partial charge is 0.234 e. The largest absolute Gasteiger partial charge is 0.495 e. The van der Waals surface area contributed by atoms with Crippen LogP contribution in [0.2, 0.25) is 5.02 Å². The van der Waals surface area contributed by atoms with E-state index in [-0.39, 0.29) is 11.7 Å². The number of anilines is 1. The van der Waals surface area contributed by atoms with Crippen molar-refractivity contribution in [3.63, 3.8) is 0 Å². The van der Waals surface area contributed by atoms with Crippen molar-refractivity contribution in [2.75, 3.05) is 25.3 Å². The van der Waals surface area contributed by atoms with Crippen molar-refractivity contribution in [1.29, 1.82) is 0 Å². The third-order valence-electron chi connectivity index (χ3n) is 3.63. The van der Waals surface area contributed by atoms with Gasteiger partial charge in [0.25, 0.3) is 0 Å². The SMILES string of the molecule is COc1cc(OC)c(NC(=O)CSC2=Nc3ccccc3CS2)cc1Cl. The molecule has 0 spiro atoms. The zero-order chi connectivity index (χ0) is 18.5. The van der Waals surface area contributed by atoms with Gasteiger partial charge in [-0.2, -0.15) is 0 Å². The van der Waals surface area contributed by atoms with E-state index in [1.54, 1.807) is 23.9 Å². The molecule has 0 bridgehead atoms. The lowest BCUT2D eigenvalue weighted by atomic mass is 10.2. The van der Waals surface area contributed by atoms with Gasteiger partial charge in [0.2, 0.25) is 5.91 Å². The Morgan fingerprint density at radius 1 is 1.27 bits per heavy atom. The van der Waals surface area contributed by atoms with Gasteiger partial charge in [-0.3, -0.25) is 4.79 Å². The van der Waals surface area contributed by atoms with E-state index in [9.17, 15) is 4.79 Å². The van der Waals surface area contributed by atoms with E-state index in [1.165, 1.54) is 31.5 Å². The number of amides is 1. The number of ether oxygens (including phenoxy) is 2. The van der Waals surface area contributed by atoms with Gasteiger partial charge in [-0.25, -0.2) is 4.99 Å².